The molecule has 160 valence electrons. The Hall–Kier alpha value is -3.37. The van der Waals surface area contributed by atoms with E-state index in [0.29, 0.717) is 28.9 Å². The molecule has 7 nitrogen and oxygen atoms in total. The summed E-state index contributed by atoms with van der Waals surface area (Å²) in [6.45, 7) is 5.20. The Morgan fingerprint density at radius 1 is 1.19 bits per heavy atom. The van der Waals surface area contributed by atoms with E-state index >= 15 is 0 Å². The number of nitrogens with one attached hydrogen (secondary N) is 2. The molecule has 31 heavy (non-hydrogen) atoms. The Kier molecular flexibility index (Phi) is 6.48. The summed E-state index contributed by atoms with van der Waals surface area (Å²) in [6.07, 6.45) is 4.84. The Morgan fingerprint density at radius 2 is 2.06 bits per heavy atom. The number of anilines is 4. The number of nitrogens with zero attached hydrogens (tertiary/aromatic N) is 4. The van der Waals surface area contributed by atoms with Crippen LogP contribution >= 0.6 is 0 Å². The van der Waals surface area contributed by atoms with E-state index in [4.69, 9.17) is 10.7 Å². The highest BCUT2D eigenvalue weighted by molar-refractivity contribution is 5.91. The maximum absolute atomic E-state index is 9.22. The number of fused-ring (bicyclic) bond motifs is 1. The molecule has 1 fully saturated rings. The second kappa shape index (κ2) is 9.63. The Morgan fingerprint density at radius 3 is 2.90 bits per heavy atom. The molecule has 0 radical (unpaired) electrons. The number of unbranched alkanes of at least 4 members (excludes halogenated alkanes) is 2. The normalized spacial score (nSPS) is 15.9. The van der Waals surface area contributed by atoms with Crippen molar-refractivity contribution in [3.8, 4) is 6.07 Å². The number of rotatable bonds is 8. The van der Waals surface area contributed by atoms with Gasteiger partial charge in [-0.25, -0.2) is 4.98 Å². The number of benzene rings is 2. The van der Waals surface area contributed by atoms with Crippen molar-refractivity contribution in [2.24, 2.45) is 0 Å². The lowest BCUT2D eigenvalue weighted by molar-refractivity contribution is 0.527. The van der Waals surface area contributed by atoms with E-state index in [1.54, 1.807) is 18.2 Å². The van der Waals surface area contributed by atoms with Gasteiger partial charge in [0, 0.05) is 35.9 Å². The van der Waals surface area contributed by atoms with Crippen molar-refractivity contribution in [1.29, 1.82) is 5.26 Å². The number of nitrogens with two attached hydrogens (primary N) is 1. The van der Waals surface area contributed by atoms with Gasteiger partial charge < -0.3 is 21.3 Å². The molecule has 7 heteroatoms. The molecule has 4 N–H and O–H groups in total. The van der Waals surface area contributed by atoms with Crippen molar-refractivity contribution in [1.82, 2.24) is 15.3 Å². The van der Waals surface area contributed by atoms with Crippen molar-refractivity contribution in [2.45, 2.75) is 38.6 Å². The van der Waals surface area contributed by atoms with Gasteiger partial charge in [0.05, 0.1) is 17.1 Å². The third kappa shape index (κ3) is 5.04. The van der Waals surface area contributed by atoms with Gasteiger partial charge in [-0.2, -0.15) is 10.2 Å². The number of para-hydroxylation sites is 1. The molecule has 2 aromatic carbocycles. The fraction of sp³-hybridized carbons (Fsp3) is 0.375. The SMILES string of the molecule is CCCCCNC1CCN(c2nc(Nc3cc(N)cc(C#N)c3)nc3ccccc23)C1. The average molecular weight is 416 g/mol. The van der Waals surface area contributed by atoms with Gasteiger partial charge in [-0.15, -0.1) is 0 Å². The molecule has 4 rings (SSSR count). The highest BCUT2D eigenvalue weighted by Crippen LogP contribution is 2.29. The van der Waals surface area contributed by atoms with Gasteiger partial charge in [-0.1, -0.05) is 31.9 Å². The smallest absolute Gasteiger partial charge is 0.229 e. The minimum Gasteiger partial charge on any atom is -0.399 e. The first-order valence-corrected chi connectivity index (χ1v) is 11.0. The van der Waals surface area contributed by atoms with E-state index in [9.17, 15) is 5.26 Å². The van der Waals surface area contributed by atoms with E-state index in [1.165, 1.54) is 19.3 Å². The molecule has 0 bridgehead atoms. The van der Waals surface area contributed by atoms with E-state index in [2.05, 4.69) is 39.6 Å². The molecule has 0 saturated carbocycles. The summed E-state index contributed by atoms with van der Waals surface area (Å²) in [5.41, 5.74) is 8.55. The number of aromatic nitrogens is 2. The van der Waals surface area contributed by atoms with Gasteiger partial charge in [0.2, 0.25) is 5.95 Å². The predicted octanol–water partition coefficient (Wildman–Crippen LogP) is 4.19. The van der Waals surface area contributed by atoms with Crippen LogP contribution in [0.3, 0.4) is 0 Å². The summed E-state index contributed by atoms with van der Waals surface area (Å²) < 4.78 is 0. The molecule has 3 aromatic rings. The highest BCUT2D eigenvalue weighted by Gasteiger charge is 2.25. The minimum absolute atomic E-state index is 0.481. The minimum atomic E-state index is 0.481. The van der Waals surface area contributed by atoms with Gasteiger partial charge in [-0.3, -0.25) is 0 Å². The molecule has 2 heterocycles. The van der Waals surface area contributed by atoms with Crippen molar-refractivity contribution < 1.29 is 0 Å². The van der Waals surface area contributed by atoms with Crippen LogP contribution in [0, 0.1) is 11.3 Å². The predicted molar refractivity (Wildman–Crippen MR) is 127 cm³/mol. The quantitative estimate of drug-likeness (QED) is 0.374. The fourth-order valence-corrected chi connectivity index (χ4v) is 4.07. The van der Waals surface area contributed by atoms with Crippen LogP contribution in [-0.2, 0) is 0 Å². The first-order chi connectivity index (χ1) is 15.2. The summed E-state index contributed by atoms with van der Waals surface area (Å²) in [6, 6.07) is 15.9. The van der Waals surface area contributed by atoms with E-state index in [1.807, 2.05) is 18.2 Å². The summed E-state index contributed by atoms with van der Waals surface area (Å²) in [4.78, 5) is 11.9. The Bertz CT molecular complexity index is 1090. The zero-order valence-electron chi connectivity index (χ0n) is 17.9. The van der Waals surface area contributed by atoms with E-state index in [-0.39, 0.29) is 0 Å². The lowest BCUT2D eigenvalue weighted by atomic mass is 10.2. The van der Waals surface area contributed by atoms with Gasteiger partial charge in [-0.05, 0) is 49.7 Å². The van der Waals surface area contributed by atoms with Gasteiger partial charge in [0.1, 0.15) is 5.82 Å². The molecule has 1 aliphatic rings. The standard InChI is InChI=1S/C24H29N7/c1-2-3-6-10-27-19-9-11-31(16-19)23-21-7-4-5-8-22(21)29-24(30-23)28-20-13-17(15-25)12-18(26)14-20/h4-5,7-8,12-14,19,27H,2-3,6,9-11,16,26H2,1H3,(H,28,29,30). The van der Waals surface area contributed by atoms with Crippen molar-refractivity contribution in [2.75, 3.05) is 35.6 Å². The largest absolute Gasteiger partial charge is 0.399 e. The molecule has 1 unspecified atom stereocenters. The lowest BCUT2D eigenvalue weighted by Crippen LogP contribution is -2.33. The molecule has 0 spiro atoms. The third-order valence-electron chi connectivity index (χ3n) is 5.62. The van der Waals surface area contributed by atoms with Gasteiger partial charge in [0.25, 0.3) is 0 Å². The Labute approximate surface area is 183 Å². The summed E-state index contributed by atoms with van der Waals surface area (Å²) in [7, 11) is 0. The average Bonchev–Trinajstić information content (AvgIpc) is 3.24. The molecular weight excluding hydrogens is 386 g/mol. The zero-order chi connectivity index (χ0) is 21.6. The first kappa shape index (κ1) is 20.9. The van der Waals surface area contributed by atoms with Gasteiger partial charge >= 0.3 is 0 Å². The van der Waals surface area contributed by atoms with Crippen LogP contribution in [0.5, 0.6) is 0 Å². The van der Waals surface area contributed by atoms with Crippen LogP contribution < -0.4 is 21.3 Å². The highest BCUT2D eigenvalue weighted by atomic mass is 15.3. The number of hydrogen-bond donors (Lipinski definition) is 3. The van der Waals surface area contributed by atoms with Crippen molar-refractivity contribution in [3.05, 3.63) is 48.0 Å². The van der Waals surface area contributed by atoms with Crippen molar-refractivity contribution in [3.63, 3.8) is 0 Å². The summed E-state index contributed by atoms with van der Waals surface area (Å²) >= 11 is 0. The number of nitrogen functional groups attached to an aromatic ring is 1. The molecule has 1 saturated heterocycles. The molecule has 1 aliphatic heterocycles. The van der Waals surface area contributed by atoms with Crippen LogP contribution in [0.4, 0.5) is 23.1 Å². The number of hydrogen-bond acceptors (Lipinski definition) is 7. The van der Waals surface area contributed by atoms with Crippen molar-refractivity contribution >= 4 is 34.0 Å². The summed E-state index contributed by atoms with van der Waals surface area (Å²) in [5, 5.41) is 17.2. The lowest BCUT2D eigenvalue weighted by Gasteiger charge is -2.21. The molecular formula is C24H29N7. The fourth-order valence-electron chi connectivity index (χ4n) is 4.07. The number of nitriles is 1. The van der Waals surface area contributed by atoms with Crippen LogP contribution in [0.15, 0.2) is 42.5 Å². The maximum Gasteiger partial charge on any atom is 0.229 e. The van der Waals surface area contributed by atoms with E-state index < -0.39 is 0 Å². The second-order valence-electron chi connectivity index (χ2n) is 8.06. The van der Waals surface area contributed by atoms with Crippen LogP contribution in [0.25, 0.3) is 10.9 Å². The monoisotopic (exact) mass is 415 g/mol. The zero-order valence-corrected chi connectivity index (χ0v) is 17.9. The van der Waals surface area contributed by atoms with Crippen LogP contribution in [0.1, 0.15) is 38.2 Å². The molecule has 1 aromatic heterocycles. The Balaban J connectivity index is 1.58. The maximum atomic E-state index is 9.22. The molecule has 1 atom stereocenters. The molecule has 0 aliphatic carbocycles. The third-order valence-corrected chi connectivity index (χ3v) is 5.62. The summed E-state index contributed by atoms with van der Waals surface area (Å²) in [5.74, 6) is 1.44. The van der Waals surface area contributed by atoms with Gasteiger partial charge in [0.15, 0.2) is 0 Å². The first-order valence-electron chi connectivity index (χ1n) is 11.0. The second-order valence-corrected chi connectivity index (χ2v) is 8.06. The van der Waals surface area contributed by atoms with Crippen LogP contribution in [-0.4, -0.2) is 35.6 Å². The topological polar surface area (TPSA) is 103 Å². The molecule has 0 amide bonds. The van der Waals surface area contributed by atoms with E-state index in [0.717, 1.165) is 42.8 Å². The van der Waals surface area contributed by atoms with Crippen LogP contribution in [0.2, 0.25) is 0 Å².